The largest absolute Gasteiger partial charge is 0.154 e. The van der Waals surface area contributed by atoms with Crippen molar-refractivity contribution in [3.05, 3.63) is 10.5 Å². The second-order valence-electron chi connectivity index (χ2n) is 5.79. The minimum absolute atomic E-state index is 1.11. The molecule has 0 N–H and O–H groups in total. The fourth-order valence-electron chi connectivity index (χ4n) is 1.25. The lowest BCUT2D eigenvalue weighted by molar-refractivity contribution is 1.75. The third-order valence-electron chi connectivity index (χ3n) is 2.11. The van der Waals surface area contributed by atoms with Crippen LogP contribution in [0, 0.1) is 0 Å². The molecular formula is C10H19BrSSi2. The van der Waals surface area contributed by atoms with Crippen molar-refractivity contribution in [1.82, 2.24) is 0 Å². The summed E-state index contributed by atoms with van der Waals surface area (Å²) in [6.07, 6.45) is 0. The molecule has 0 nitrogen and oxygen atoms in total. The molecule has 0 fully saturated rings. The van der Waals surface area contributed by atoms with Crippen molar-refractivity contribution in [2.75, 3.05) is 0 Å². The van der Waals surface area contributed by atoms with Crippen LogP contribution in [-0.2, 0) is 0 Å². The maximum atomic E-state index is 3.71. The Labute approximate surface area is 102 Å². The highest BCUT2D eigenvalue weighted by Gasteiger charge is 2.26. The maximum Gasteiger partial charge on any atom is 0.0918 e. The van der Waals surface area contributed by atoms with Crippen LogP contribution in [0.1, 0.15) is 0 Å². The molecule has 0 bridgehead atoms. The molecule has 0 spiro atoms. The van der Waals surface area contributed by atoms with E-state index in [9.17, 15) is 0 Å². The minimum Gasteiger partial charge on any atom is -0.154 e. The Morgan fingerprint density at radius 2 is 1.50 bits per heavy atom. The Hall–Kier alpha value is 0.614. The Balaban J connectivity index is 3.19. The molecule has 1 rings (SSSR count). The van der Waals surface area contributed by atoms with Crippen LogP contribution < -0.4 is 9.00 Å². The van der Waals surface area contributed by atoms with Gasteiger partial charge in [-0.25, -0.2) is 0 Å². The van der Waals surface area contributed by atoms with Crippen molar-refractivity contribution in [2.45, 2.75) is 39.3 Å². The number of rotatable bonds is 2. The van der Waals surface area contributed by atoms with Gasteiger partial charge in [0.2, 0.25) is 0 Å². The molecule has 0 aliphatic carbocycles. The fraction of sp³-hybridized carbons (Fsp3) is 0.600. The van der Waals surface area contributed by atoms with Crippen molar-refractivity contribution in [3.63, 3.8) is 0 Å². The molecule has 0 amide bonds. The Bertz CT molecular complexity index is 331. The van der Waals surface area contributed by atoms with Gasteiger partial charge in [0.05, 0.1) is 16.1 Å². The maximum absolute atomic E-state index is 3.71. The van der Waals surface area contributed by atoms with Crippen molar-refractivity contribution in [1.29, 1.82) is 0 Å². The van der Waals surface area contributed by atoms with E-state index in [4.69, 9.17) is 0 Å². The molecule has 0 saturated heterocycles. The van der Waals surface area contributed by atoms with Gasteiger partial charge in [-0.3, -0.25) is 0 Å². The van der Waals surface area contributed by atoms with Crippen LogP contribution in [0.5, 0.6) is 0 Å². The lowest BCUT2D eigenvalue weighted by Gasteiger charge is -2.15. The van der Waals surface area contributed by atoms with Crippen LogP contribution in [0.25, 0.3) is 0 Å². The smallest absolute Gasteiger partial charge is 0.0918 e. The predicted molar refractivity (Wildman–Crippen MR) is 78.0 cm³/mol. The molecule has 4 heteroatoms. The summed E-state index contributed by atoms with van der Waals surface area (Å²) in [6, 6.07) is 2.37. The third kappa shape index (κ3) is 2.81. The zero-order valence-electron chi connectivity index (χ0n) is 9.86. The van der Waals surface area contributed by atoms with Gasteiger partial charge in [0, 0.05) is 8.97 Å². The summed E-state index contributed by atoms with van der Waals surface area (Å²) in [7, 11) is -2.25. The van der Waals surface area contributed by atoms with Crippen LogP contribution in [0.2, 0.25) is 39.3 Å². The monoisotopic (exact) mass is 306 g/mol. The average molecular weight is 307 g/mol. The van der Waals surface area contributed by atoms with E-state index in [0.717, 1.165) is 0 Å². The van der Waals surface area contributed by atoms with Gasteiger partial charge in [-0.05, 0) is 10.6 Å². The molecule has 0 aliphatic heterocycles. The third-order valence-corrected chi connectivity index (χ3v) is 11.7. The molecule has 1 heterocycles. The van der Waals surface area contributed by atoms with Gasteiger partial charge in [-0.2, -0.15) is 11.3 Å². The van der Waals surface area contributed by atoms with E-state index >= 15 is 0 Å². The van der Waals surface area contributed by atoms with Crippen molar-refractivity contribution in [3.8, 4) is 0 Å². The van der Waals surface area contributed by atoms with Crippen LogP contribution in [0.3, 0.4) is 0 Å². The van der Waals surface area contributed by atoms with E-state index in [1.807, 2.05) is 11.3 Å². The summed E-state index contributed by atoms with van der Waals surface area (Å²) in [6.45, 7) is 14.5. The van der Waals surface area contributed by atoms with Gasteiger partial charge in [0.25, 0.3) is 0 Å². The number of halogens is 1. The second-order valence-corrected chi connectivity index (χ2v) is 18.5. The standard InChI is InChI=1S/C10H19BrSSi2/c1-13(2,3)9-7-8(11)10(12-9)14(4,5)6/h7H,1-6H3. The van der Waals surface area contributed by atoms with Crippen molar-refractivity contribution in [2.24, 2.45) is 0 Å². The van der Waals surface area contributed by atoms with Gasteiger partial charge in [0.1, 0.15) is 0 Å². The highest BCUT2D eigenvalue weighted by molar-refractivity contribution is 9.10. The van der Waals surface area contributed by atoms with Crippen LogP contribution >= 0.6 is 27.3 Å². The van der Waals surface area contributed by atoms with E-state index in [0.29, 0.717) is 0 Å². The summed E-state index contributed by atoms with van der Waals surface area (Å²) < 4.78 is 4.61. The Morgan fingerprint density at radius 3 is 1.71 bits per heavy atom. The van der Waals surface area contributed by atoms with Gasteiger partial charge in [-0.15, -0.1) is 0 Å². The topological polar surface area (TPSA) is 0 Å². The fourth-order valence-corrected chi connectivity index (χ4v) is 9.18. The Kier molecular flexibility index (Phi) is 3.52. The first-order valence-corrected chi connectivity index (χ1v) is 13.5. The molecule has 0 atom stereocenters. The van der Waals surface area contributed by atoms with E-state index in [1.54, 1.807) is 9.00 Å². The first-order valence-electron chi connectivity index (χ1n) is 4.92. The summed E-state index contributed by atoms with van der Waals surface area (Å²) in [5, 5.41) is 0. The molecule has 80 valence electrons. The molecule has 1 aromatic rings. The summed E-state index contributed by atoms with van der Waals surface area (Å²) in [4.78, 5) is 0. The molecule has 1 aromatic heterocycles. The normalized spacial score (nSPS) is 13.4. The van der Waals surface area contributed by atoms with E-state index in [1.165, 1.54) is 4.47 Å². The number of hydrogen-bond acceptors (Lipinski definition) is 1. The van der Waals surface area contributed by atoms with Crippen LogP contribution in [-0.4, -0.2) is 16.1 Å². The zero-order valence-corrected chi connectivity index (χ0v) is 14.3. The quantitative estimate of drug-likeness (QED) is 0.732. The van der Waals surface area contributed by atoms with Gasteiger partial charge < -0.3 is 0 Å². The molecule has 0 aromatic carbocycles. The molecule has 0 radical (unpaired) electrons. The van der Waals surface area contributed by atoms with Gasteiger partial charge in [0.15, 0.2) is 0 Å². The van der Waals surface area contributed by atoms with Crippen LogP contribution in [0.4, 0.5) is 0 Å². The second kappa shape index (κ2) is 3.88. The lowest BCUT2D eigenvalue weighted by atomic mass is 10.7. The minimum atomic E-state index is -1.14. The first kappa shape index (κ1) is 12.7. The predicted octanol–water partition coefficient (Wildman–Crippen LogP) is 3.60. The summed E-state index contributed by atoms with van der Waals surface area (Å²) >= 11 is 5.76. The zero-order chi connectivity index (χ0) is 11.1. The molecule has 14 heavy (non-hydrogen) atoms. The molecular weight excluding hydrogens is 288 g/mol. The van der Waals surface area contributed by atoms with Gasteiger partial charge >= 0.3 is 0 Å². The van der Waals surface area contributed by atoms with Gasteiger partial charge in [-0.1, -0.05) is 55.2 Å². The molecule has 0 saturated carbocycles. The highest BCUT2D eigenvalue weighted by Crippen LogP contribution is 2.19. The lowest BCUT2D eigenvalue weighted by Crippen LogP contribution is -2.38. The van der Waals surface area contributed by atoms with E-state index in [-0.39, 0.29) is 0 Å². The number of hydrogen-bond donors (Lipinski definition) is 0. The first-order chi connectivity index (χ1) is 6.12. The highest BCUT2D eigenvalue weighted by atomic mass is 79.9. The van der Waals surface area contributed by atoms with Crippen LogP contribution in [0.15, 0.2) is 10.5 Å². The van der Waals surface area contributed by atoms with Crippen molar-refractivity contribution < 1.29 is 0 Å². The van der Waals surface area contributed by atoms with Crippen molar-refractivity contribution >= 4 is 52.4 Å². The Morgan fingerprint density at radius 1 is 1.00 bits per heavy atom. The molecule has 0 unspecified atom stereocenters. The summed E-state index contributed by atoms with van der Waals surface area (Å²) in [5.74, 6) is 0. The number of thiophene rings is 1. The molecule has 0 aliphatic rings. The SMILES string of the molecule is C[Si](C)(C)c1cc(Br)c([Si](C)(C)C)s1. The average Bonchev–Trinajstić information content (AvgIpc) is 2.27. The summed E-state index contributed by atoms with van der Waals surface area (Å²) in [5.41, 5.74) is 0. The van der Waals surface area contributed by atoms with E-state index in [2.05, 4.69) is 61.3 Å². The van der Waals surface area contributed by atoms with E-state index < -0.39 is 16.1 Å².